The Balaban J connectivity index is 2.18. The average Bonchev–Trinajstić information content (AvgIpc) is 2.44. The molecule has 0 unspecified atom stereocenters. The van der Waals surface area contributed by atoms with Crippen molar-refractivity contribution in [1.82, 2.24) is 0 Å². The van der Waals surface area contributed by atoms with Gasteiger partial charge in [-0.1, -0.05) is 39.0 Å². The summed E-state index contributed by atoms with van der Waals surface area (Å²) in [6.45, 7) is 3.94. The first-order valence-electron chi connectivity index (χ1n) is 7.82. The standard InChI is InChI=1S/C15H28O6/c1-3-4-5-6-7-8-9-19-15-14(18)13(17)12(10-20-15)21-11(2)16/h12-15,17-18H,3-10H2,1-2H3/t12-,13+,14-,15-/m1/s1. The fourth-order valence-electron chi connectivity index (χ4n) is 2.31. The van der Waals surface area contributed by atoms with Crippen LogP contribution in [0.5, 0.6) is 0 Å². The van der Waals surface area contributed by atoms with E-state index in [1.54, 1.807) is 0 Å². The van der Waals surface area contributed by atoms with Crippen LogP contribution >= 0.6 is 0 Å². The van der Waals surface area contributed by atoms with Crippen molar-refractivity contribution in [1.29, 1.82) is 0 Å². The van der Waals surface area contributed by atoms with Crippen LogP contribution in [-0.2, 0) is 19.0 Å². The molecule has 0 aromatic rings. The molecule has 124 valence electrons. The van der Waals surface area contributed by atoms with E-state index in [1.165, 1.54) is 32.6 Å². The van der Waals surface area contributed by atoms with Gasteiger partial charge in [0.2, 0.25) is 0 Å². The predicted octanol–water partition coefficient (Wildman–Crippen LogP) is 1.37. The molecule has 0 saturated carbocycles. The molecule has 21 heavy (non-hydrogen) atoms. The Morgan fingerprint density at radius 2 is 1.81 bits per heavy atom. The molecule has 6 nitrogen and oxygen atoms in total. The third-order valence-electron chi connectivity index (χ3n) is 3.53. The third kappa shape index (κ3) is 6.74. The first-order chi connectivity index (χ1) is 10.1. The van der Waals surface area contributed by atoms with Crippen LogP contribution in [0.15, 0.2) is 0 Å². The summed E-state index contributed by atoms with van der Waals surface area (Å²) >= 11 is 0. The van der Waals surface area contributed by atoms with Gasteiger partial charge in [0.25, 0.3) is 0 Å². The van der Waals surface area contributed by atoms with Crippen LogP contribution in [0.25, 0.3) is 0 Å². The van der Waals surface area contributed by atoms with Crippen LogP contribution in [-0.4, -0.2) is 54.0 Å². The minimum absolute atomic E-state index is 0.0268. The van der Waals surface area contributed by atoms with Crippen LogP contribution in [0.2, 0.25) is 0 Å². The van der Waals surface area contributed by atoms with Gasteiger partial charge in [0.15, 0.2) is 12.4 Å². The van der Waals surface area contributed by atoms with Crippen molar-refractivity contribution in [3.05, 3.63) is 0 Å². The van der Waals surface area contributed by atoms with E-state index < -0.39 is 30.6 Å². The SMILES string of the molecule is CCCCCCCCO[C@@H]1OC[C@@H](OC(C)=O)[C@H](O)[C@H]1O. The zero-order valence-corrected chi connectivity index (χ0v) is 13.0. The number of hydrogen-bond acceptors (Lipinski definition) is 6. The van der Waals surface area contributed by atoms with Crippen molar-refractivity contribution in [2.45, 2.75) is 77.0 Å². The van der Waals surface area contributed by atoms with Gasteiger partial charge in [-0.25, -0.2) is 0 Å². The fraction of sp³-hybridized carbons (Fsp3) is 0.933. The summed E-state index contributed by atoms with van der Waals surface area (Å²) in [7, 11) is 0. The molecule has 0 aliphatic carbocycles. The molecule has 0 aromatic heterocycles. The molecule has 0 radical (unpaired) electrons. The van der Waals surface area contributed by atoms with Crippen LogP contribution in [0.4, 0.5) is 0 Å². The molecule has 1 aliphatic heterocycles. The predicted molar refractivity (Wildman–Crippen MR) is 76.6 cm³/mol. The topological polar surface area (TPSA) is 85.2 Å². The van der Waals surface area contributed by atoms with Gasteiger partial charge >= 0.3 is 5.97 Å². The van der Waals surface area contributed by atoms with Crippen molar-refractivity contribution in [2.24, 2.45) is 0 Å². The lowest BCUT2D eigenvalue weighted by Gasteiger charge is -2.36. The molecule has 1 saturated heterocycles. The number of unbranched alkanes of at least 4 members (excludes halogenated alkanes) is 5. The molecular formula is C15H28O6. The second kappa shape index (κ2) is 10.1. The van der Waals surface area contributed by atoms with E-state index in [2.05, 4.69) is 6.92 Å². The Bertz CT molecular complexity index is 296. The maximum absolute atomic E-state index is 10.9. The summed E-state index contributed by atoms with van der Waals surface area (Å²) in [5, 5.41) is 19.8. The zero-order chi connectivity index (χ0) is 15.7. The number of ether oxygens (including phenoxy) is 3. The van der Waals surface area contributed by atoms with Gasteiger partial charge in [-0.2, -0.15) is 0 Å². The van der Waals surface area contributed by atoms with Crippen LogP contribution in [0.1, 0.15) is 52.4 Å². The fourth-order valence-corrected chi connectivity index (χ4v) is 2.31. The number of esters is 1. The van der Waals surface area contributed by atoms with Gasteiger partial charge in [0, 0.05) is 13.5 Å². The van der Waals surface area contributed by atoms with E-state index in [0.717, 1.165) is 12.8 Å². The number of rotatable bonds is 9. The van der Waals surface area contributed by atoms with Crippen LogP contribution in [0, 0.1) is 0 Å². The highest BCUT2D eigenvalue weighted by atomic mass is 16.7. The normalized spacial score (nSPS) is 29.3. The molecular weight excluding hydrogens is 276 g/mol. The summed E-state index contributed by atoms with van der Waals surface area (Å²) < 4.78 is 15.6. The van der Waals surface area contributed by atoms with E-state index in [0.29, 0.717) is 6.61 Å². The number of carbonyl (C=O) groups excluding carboxylic acids is 1. The minimum atomic E-state index is -1.21. The highest BCUT2D eigenvalue weighted by molar-refractivity contribution is 5.66. The van der Waals surface area contributed by atoms with Crippen LogP contribution < -0.4 is 0 Å². The lowest BCUT2D eigenvalue weighted by atomic mass is 10.1. The average molecular weight is 304 g/mol. The molecule has 0 bridgehead atoms. The van der Waals surface area contributed by atoms with Gasteiger partial charge < -0.3 is 24.4 Å². The minimum Gasteiger partial charge on any atom is -0.457 e. The summed E-state index contributed by atoms with van der Waals surface area (Å²) in [6.07, 6.45) is 2.80. The van der Waals surface area contributed by atoms with Gasteiger partial charge in [-0.15, -0.1) is 0 Å². The first kappa shape index (κ1) is 18.4. The summed E-state index contributed by atoms with van der Waals surface area (Å²) in [5.74, 6) is -0.513. The second-order valence-corrected chi connectivity index (χ2v) is 5.47. The largest absolute Gasteiger partial charge is 0.457 e. The first-order valence-corrected chi connectivity index (χ1v) is 7.82. The molecule has 6 heteroatoms. The monoisotopic (exact) mass is 304 g/mol. The Morgan fingerprint density at radius 1 is 1.14 bits per heavy atom. The smallest absolute Gasteiger partial charge is 0.303 e. The number of aliphatic hydroxyl groups excluding tert-OH is 2. The molecule has 1 fully saturated rings. The van der Waals surface area contributed by atoms with E-state index in [9.17, 15) is 15.0 Å². The van der Waals surface area contributed by atoms with Gasteiger partial charge in [-0.3, -0.25) is 4.79 Å². The van der Waals surface area contributed by atoms with Crippen LogP contribution in [0.3, 0.4) is 0 Å². The van der Waals surface area contributed by atoms with E-state index in [4.69, 9.17) is 14.2 Å². The summed E-state index contributed by atoms with van der Waals surface area (Å²) in [4.78, 5) is 10.9. The van der Waals surface area contributed by atoms with Crippen molar-refractivity contribution >= 4 is 5.97 Å². The molecule has 0 amide bonds. The molecule has 0 aromatic carbocycles. The van der Waals surface area contributed by atoms with Gasteiger partial charge in [0.05, 0.1) is 6.61 Å². The molecule has 2 N–H and O–H groups in total. The van der Waals surface area contributed by atoms with Crippen molar-refractivity contribution in [2.75, 3.05) is 13.2 Å². The third-order valence-corrected chi connectivity index (χ3v) is 3.53. The molecule has 0 spiro atoms. The number of carbonyl (C=O) groups is 1. The Kier molecular flexibility index (Phi) is 8.84. The summed E-state index contributed by atoms with van der Waals surface area (Å²) in [6, 6.07) is 0. The summed E-state index contributed by atoms with van der Waals surface area (Å²) in [5.41, 5.74) is 0. The lowest BCUT2D eigenvalue weighted by molar-refractivity contribution is -0.273. The van der Waals surface area contributed by atoms with E-state index in [1.807, 2.05) is 0 Å². The van der Waals surface area contributed by atoms with Crippen molar-refractivity contribution in [3.8, 4) is 0 Å². The molecule has 1 heterocycles. The second-order valence-electron chi connectivity index (χ2n) is 5.47. The Hall–Kier alpha value is -0.690. The maximum Gasteiger partial charge on any atom is 0.303 e. The highest BCUT2D eigenvalue weighted by Crippen LogP contribution is 2.19. The molecule has 1 rings (SSSR count). The van der Waals surface area contributed by atoms with Crippen molar-refractivity contribution < 1.29 is 29.2 Å². The Morgan fingerprint density at radius 3 is 2.48 bits per heavy atom. The number of hydrogen-bond donors (Lipinski definition) is 2. The number of aliphatic hydroxyl groups is 2. The maximum atomic E-state index is 10.9. The lowest BCUT2D eigenvalue weighted by Crippen LogP contribution is -2.55. The van der Waals surface area contributed by atoms with Gasteiger partial charge in [-0.05, 0) is 6.42 Å². The highest BCUT2D eigenvalue weighted by Gasteiger charge is 2.40. The Labute approximate surface area is 126 Å². The van der Waals surface area contributed by atoms with E-state index in [-0.39, 0.29) is 6.61 Å². The van der Waals surface area contributed by atoms with Crippen molar-refractivity contribution in [3.63, 3.8) is 0 Å². The van der Waals surface area contributed by atoms with Gasteiger partial charge in [0.1, 0.15) is 12.2 Å². The zero-order valence-electron chi connectivity index (χ0n) is 13.0. The molecule has 1 aliphatic rings. The molecule has 4 atom stereocenters. The van der Waals surface area contributed by atoms with E-state index >= 15 is 0 Å². The quantitative estimate of drug-likeness (QED) is 0.494.